The highest BCUT2D eigenvalue weighted by molar-refractivity contribution is 7.09. The first-order valence-electron chi connectivity index (χ1n) is 11.7. The van der Waals surface area contributed by atoms with Gasteiger partial charge in [0.05, 0.1) is 20.8 Å². The Balaban J connectivity index is 1.74. The number of hydrogen-bond acceptors (Lipinski definition) is 6. The van der Waals surface area contributed by atoms with Gasteiger partial charge in [-0.1, -0.05) is 38.1 Å². The molecule has 8 heteroatoms. The molecule has 6 nitrogen and oxygen atoms in total. The quantitative estimate of drug-likeness (QED) is 0.366. The molecule has 35 heavy (non-hydrogen) atoms. The van der Waals surface area contributed by atoms with E-state index in [0.717, 1.165) is 17.0 Å². The fraction of sp³-hybridized carbons (Fsp3) is 0.407. The molecule has 0 unspecified atom stereocenters. The number of nitrogens with zero attached hydrogens (tertiary/aromatic N) is 2. The number of halogens is 1. The van der Waals surface area contributed by atoms with Crippen molar-refractivity contribution in [1.29, 1.82) is 0 Å². The van der Waals surface area contributed by atoms with Gasteiger partial charge in [-0.25, -0.2) is 9.37 Å². The summed E-state index contributed by atoms with van der Waals surface area (Å²) >= 11 is 1.45. The summed E-state index contributed by atoms with van der Waals surface area (Å²) in [4.78, 5) is 19.3. The monoisotopic (exact) mass is 499 g/mol. The number of rotatable bonds is 12. The van der Waals surface area contributed by atoms with Gasteiger partial charge in [-0.05, 0) is 43.0 Å². The Bertz CT molecular complexity index is 1120. The zero-order valence-corrected chi connectivity index (χ0v) is 21.8. The number of thiazole rings is 1. The Kier molecular flexibility index (Phi) is 9.63. The molecular weight excluding hydrogens is 465 g/mol. The smallest absolute Gasteiger partial charge is 0.270 e. The molecule has 0 saturated heterocycles. The summed E-state index contributed by atoms with van der Waals surface area (Å²) in [6, 6.07) is 12.7. The normalized spacial score (nSPS) is 12.1. The third-order valence-electron chi connectivity index (χ3n) is 6.02. The largest absolute Gasteiger partial charge is 0.493 e. The van der Waals surface area contributed by atoms with Crippen LogP contribution in [-0.4, -0.2) is 42.6 Å². The Morgan fingerprint density at radius 1 is 1.09 bits per heavy atom. The zero-order chi connectivity index (χ0) is 25.4. The van der Waals surface area contributed by atoms with Crippen LogP contribution in [-0.2, 0) is 19.5 Å². The van der Waals surface area contributed by atoms with Crippen LogP contribution in [0.15, 0.2) is 47.8 Å². The van der Waals surface area contributed by atoms with Gasteiger partial charge in [-0.3, -0.25) is 9.69 Å². The van der Waals surface area contributed by atoms with Crippen LogP contribution in [0.5, 0.6) is 11.5 Å². The third-order valence-corrected chi connectivity index (χ3v) is 6.85. The summed E-state index contributed by atoms with van der Waals surface area (Å²) in [6.07, 6.45) is 0.736. The lowest BCUT2D eigenvalue weighted by molar-refractivity contribution is 0.0925. The molecule has 0 aliphatic heterocycles. The number of nitrogens with one attached hydrogen (secondary N) is 1. The molecule has 0 radical (unpaired) electrons. The maximum atomic E-state index is 14.4. The second-order valence-corrected chi connectivity index (χ2v) is 9.82. The number of ether oxygens (including phenoxy) is 2. The van der Waals surface area contributed by atoms with E-state index in [1.165, 1.54) is 17.4 Å². The van der Waals surface area contributed by atoms with Crippen LogP contribution in [0.4, 0.5) is 4.39 Å². The van der Waals surface area contributed by atoms with E-state index in [2.05, 4.69) is 29.0 Å². The minimum Gasteiger partial charge on any atom is -0.493 e. The van der Waals surface area contributed by atoms with Crippen LogP contribution in [0.2, 0.25) is 0 Å². The van der Waals surface area contributed by atoms with Gasteiger partial charge < -0.3 is 14.8 Å². The third kappa shape index (κ3) is 7.50. The number of hydrogen-bond donors (Lipinski definition) is 1. The summed E-state index contributed by atoms with van der Waals surface area (Å²) in [6.45, 7) is 7.74. The second-order valence-electron chi connectivity index (χ2n) is 8.87. The SMILES string of the molecule is COc1ccc(CCN(Cc2nc(C(=O)N[C@@H](C)C(C)C)cs2)Cc2ccccc2F)cc1OC. The molecule has 1 amide bonds. The first-order chi connectivity index (χ1) is 16.8. The van der Waals surface area contributed by atoms with Crippen molar-refractivity contribution in [3.8, 4) is 11.5 Å². The first-order valence-corrected chi connectivity index (χ1v) is 12.6. The highest BCUT2D eigenvalue weighted by Crippen LogP contribution is 2.28. The highest BCUT2D eigenvalue weighted by Gasteiger charge is 2.18. The molecule has 0 aliphatic rings. The molecule has 3 rings (SSSR count). The van der Waals surface area contributed by atoms with E-state index in [0.29, 0.717) is 48.3 Å². The lowest BCUT2D eigenvalue weighted by Crippen LogP contribution is -2.36. The first kappa shape index (κ1) is 26.6. The lowest BCUT2D eigenvalue weighted by atomic mass is 10.1. The maximum Gasteiger partial charge on any atom is 0.270 e. The molecule has 1 atom stereocenters. The van der Waals surface area contributed by atoms with E-state index in [1.54, 1.807) is 31.7 Å². The van der Waals surface area contributed by atoms with E-state index >= 15 is 0 Å². The standard InChI is InChI=1S/C27H34FN3O3S/c1-18(2)19(3)29-27(32)23-17-35-26(30-23)16-31(15-21-8-6-7-9-22(21)28)13-12-20-10-11-24(33-4)25(14-20)34-5/h6-11,14,17-19H,12-13,15-16H2,1-5H3,(H,29,32)/t19-/m0/s1. The second kappa shape index (κ2) is 12.7. The van der Waals surface area contributed by atoms with Gasteiger partial charge in [-0.2, -0.15) is 0 Å². The minimum atomic E-state index is -0.231. The molecule has 3 aromatic rings. The molecule has 1 heterocycles. The molecule has 0 saturated carbocycles. The Morgan fingerprint density at radius 3 is 2.51 bits per heavy atom. The number of aromatic nitrogens is 1. The number of benzene rings is 2. The number of amides is 1. The van der Waals surface area contributed by atoms with Gasteiger partial charge in [0, 0.05) is 30.1 Å². The van der Waals surface area contributed by atoms with Gasteiger partial charge in [-0.15, -0.1) is 11.3 Å². The number of methoxy groups -OCH3 is 2. The maximum absolute atomic E-state index is 14.4. The van der Waals surface area contributed by atoms with Crippen LogP contribution >= 0.6 is 11.3 Å². The van der Waals surface area contributed by atoms with Crippen LogP contribution in [0.3, 0.4) is 0 Å². The van der Waals surface area contributed by atoms with Crippen molar-refractivity contribution >= 4 is 17.2 Å². The Morgan fingerprint density at radius 2 is 1.83 bits per heavy atom. The van der Waals surface area contributed by atoms with Gasteiger partial charge in [0.25, 0.3) is 5.91 Å². The molecule has 1 aromatic heterocycles. The predicted molar refractivity (Wildman–Crippen MR) is 138 cm³/mol. The van der Waals surface area contributed by atoms with Crippen molar-refractivity contribution < 1.29 is 18.7 Å². The van der Waals surface area contributed by atoms with Gasteiger partial charge in [0.1, 0.15) is 16.5 Å². The summed E-state index contributed by atoms with van der Waals surface area (Å²) in [5.41, 5.74) is 2.13. The topological polar surface area (TPSA) is 63.7 Å². The van der Waals surface area contributed by atoms with Crippen LogP contribution in [0.25, 0.3) is 0 Å². The zero-order valence-electron chi connectivity index (χ0n) is 21.0. The average Bonchev–Trinajstić information content (AvgIpc) is 3.32. The predicted octanol–water partition coefficient (Wildman–Crippen LogP) is 5.32. The van der Waals surface area contributed by atoms with Crippen LogP contribution in [0, 0.1) is 11.7 Å². The van der Waals surface area contributed by atoms with E-state index < -0.39 is 0 Å². The van der Waals surface area contributed by atoms with Crippen LogP contribution in [0.1, 0.15) is 47.4 Å². The minimum absolute atomic E-state index is 0.0618. The molecule has 1 N–H and O–H groups in total. The summed E-state index contributed by atoms with van der Waals surface area (Å²) in [5.74, 6) is 1.30. The number of carbonyl (C=O) groups excluding carboxylic acids is 1. The molecule has 0 aliphatic carbocycles. The van der Waals surface area contributed by atoms with E-state index in [9.17, 15) is 9.18 Å². The Hall–Kier alpha value is -2.97. The molecule has 188 valence electrons. The fourth-order valence-electron chi connectivity index (χ4n) is 3.53. The molecular formula is C27H34FN3O3S. The molecule has 0 bridgehead atoms. The Labute approximate surface area is 211 Å². The van der Waals surface area contributed by atoms with Crippen molar-refractivity contribution in [2.24, 2.45) is 5.92 Å². The van der Waals surface area contributed by atoms with Gasteiger partial charge in [0.2, 0.25) is 0 Å². The van der Waals surface area contributed by atoms with Crippen molar-refractivity contribution in [3.63, 3.8) is 0 Å². The molecule has 0 fully saturated rings. The van der Waals surface area contributed by atoms with E-state index in [1.807, 2.05) is 31.2 Å². The van der Waals surface area contributed by atoms with E-state index in [4.69, 9.17) is 9.47 Å². The molecule has 0 spiro atoms. The van der Waals surface area contributed by atoms with Gasteiger partial charge in [0.15, 0.2) is 11.5 Å². The van der Waals surface area contributed by atoms with Crippen molar-refractivity contribution in [3.05, 3.63) is 75.5 Å². The summed E-state index contributed by atoms with van der Waals surface area (Å²) in [5, 5.41) is 5.60. The lowest BCUT2D eigenvalue weighted by Gasteiger charge is -2.22. The highest BCUT2D eigenvalue weighted by atomic mass is 32.1. The van der Waals surface area contributed by atoms with Crippen molar-refractivity contribution in [2.45, 2.75) is 46.3 Å². The van der Waals surface area contributed by atoms with Crippen molar-refractivity contribution in [1.82, 2.24) is 15.2 Å². The molecule has 2 aromatic carbocycles. The van der Waals surface area contributed by atoms with Gasteiger partial charge >= 0.3 is 0 Å². The number of carbonyl (C=O) groups is 1. The fourth-order valence-corrected chi connectivity index (χ4v) is 4.35. The van der Waals surface area contributed by atoms with E-state index in [-0.39, 0.29) is 17.8 Å². The average molecular weight is 500 g/mol. The van der Waals surface area contributed by atoms with Crippen LogP contribution < -0.4 is 14.8 Å². The van der Waals surface area contributed by atoms with Crippen molar-refractivity contribution in [2.75, 3.05) is 20.8 Å². The summed E-state index contributed by atoms with van der Waals surface area (Å²) < 4.78 is 25.2. The summed E-state index contributed by atoms with van der Waals surface area (Å²) in [7, 11) is 3.23.